The molecule has 3 rings (SSSR count). The van der Waals surface area contributed by atoms with Crippen molar-refractivity contribution in [3.63, 3.8) is 0 Å². The highest BCUT2D eigenvalue weighted by molar-refractivity contribution is 8.07. The molecule has 0 aromatic heterocycles. The van der Waals surface area contributed by atoms with Crippen LogP contribution in [-0.2, 0) is 15.6 Å². The van der Waals surface area contributed by atoms with Gasteiger partial charge in [0.15, 0.2) is 0 Å². The molecule has 2 aromatic rings. The van der Waals surface area contributed by atoms with Gasteiger partial charge in [0.05, 0.1) is 10.8 Å². The van der Waals surface area contributed by atoms with Gasteiger partial charge in [-0.05, 0) is 48.5 Å². The Kier molecular flexibility index (Phi) is 5.03. The fraction of sp³-hybridized carbons (Fsp3) is 0.235. The summed E-state index contributed by atoms with van der Waals surface area (Å²) in [6, 6.07) is 14.5. The monoisotopic (exact) mass is 347 g/mol. The maximum Gasteiger partial charge on any atom is 0.221 e. The summed E-state index contributed by atoms with van der Waals surface area (Å²) in [5.41, 5.74) is 0.730. The van der Waals surface area contributed by atoms with Crippen molar-refractivity contribution in [1.82, 2.24) is 0 Å². The zero-order chi connectivity index (χ0) is 16.2. The van der Waals surface area contributed by atoms with E-state index in [9.17, 15) is 9.00 Å². The summed E-state index contributed by atoms with van der Waals surface area (Å²) in [4.78, 5) is 11.8. The third-order valence-electron chi connectivity index (χ3n) is 3.24. The first kappa shape index (κ1) is 16.1. The van der Waals surface area contributed by atoms with Crippen LogP contribution < -0.4 is 10.1 Å². The molecule has 1 aliphatic rings. The Morgan fingerprint density at radius 1 is 1.17 bits per heavy atom. The second-order valence-corrected chi connectivity index (χ2v) is 8.08. The molecule has 23 heavy (non-hydrogen) atoms. The molecular weight excluding hydrogens is 330 g/mol. The first-order valence-corrected chi connectivity index (χ1v) is 9.62. The highest BCUT2D eigenvalue weighted by Crippen LogP contribution is 2.32. The van der Waals surface area contributed by atoms with Gasteiger partial charge in [0, 0.05) is 34.3 Å². The average Bonchev–Trinajstić information content (AvgIpc) is 3.33. The Labute approximate surface area is 142 Å². The van der Waals surface area contributed by atoms with Crippen molar-refractivity contribution >= 4 is 34.2 Å². The minimum atomic E-state index is -0.931. The summed E-state index contributed by atoms with van der Waals surface area (Å²) < 4.78 is 17.9. The van der Waals surface area contributed by atoms with E-state index in [4.69, 9.17) is 4.74 Å². The molecule has 4 nitrogen and oxygen atoms in total. The molecule has 2 atom stereocenters. The molecule has 1 saturated heterocycles. The summed E-state index contributed by atoms with van der Waals surface area (Å²) in [6.45, 7) is 1.47. The maximum absolute atomic E-state index is 12.1. The molecule has 0 radical (unpaired) electrons. The maximum atomic E-state index is 12.1. The van der Waals surface area contributed by atoms with Crippen LogP contribution in [0.15, 0.2) is 53.4 Å². The number of carbonyl (C=O) groups excluding carboxylic acids is 1. The van der Waals surface area contributed by atoms with Crippen molar-refractivity contribution in [3.05, 3.63) is 48.5 Å². The third-order valence-corrected chi connectivity index (χ3v) is 5.92. The predicted molar refractivity (Wildman–Crippen MR) is 94.8 cm³/mol. The fourth-order valence-corrected chi connectivity index (χ4v) is 4.28. The van der Waals surface area contributed by atoms with Crippen LogP contribution in [0.1, 0.15) is 6.92 Å². The van der Waals surface area contributed by atoms with E-state index in [0.717, 1.165) is 22.1 Å². The zero-order valence-electron chi connectivity index (χ0n) is 12.7. The first-order valence-electron chi connectivity index (χ1n) is 7.26. The molecule has 0 aliphatic carbocycles. The molecule has 120 valence electrons. The molecule has 6 heteroatoms. The van der Waals surface area contributed by atoms with Crippen LogP contribution in [0, 0.1) is 0 Å². The number of nitrogens with one attached hydrogen (secondary N) is 1. The molecule has 1 heterocycles. The number of carbonyl (C=O) groups is 1. The van der Waals surface area contributed by atoms with E-state index in [-0.39, 0.29) is 5.91 Å². The minimum Gasteiger partial charge on any atom is -0.457 e. The molecule has 1 aliphatic heterocycles. The lowest BCUT2D eigenvalue weighted by molar-refractivity contribution is -0.114. The second-order valence-electron chi connectivity index (χ2n) is 5.25. The normalized spacial score (nSPS) is 17.3. The van der Waals surface area contributed by atoms with Gasteiger partial charge in [-0.25, -0.2) is 0 Å². The molecule has 0 saturated carbocycles. The summed E-state index contributed by atoms with van der Waals surface area (Å²) >= 11 is 1.86. The molecule has 1 amide bonds. The lowest BCUT2D eigenvalue weighted by Gasteiger charge is -2.08. The smallest absolute Gasteiger partial charge is 0.221 e. The number of benzene rings is 2. The fourth-order valence-electron chi connectivity index (χ4n) is 2.03. The number of anilines is 1. The Balaban J connectivity index is 1.61. The van der Waals surface area contributed by atoms with Gasteiger partial charge in [-0.1, -0.05) is 0 Å². The van der Waals surface area contributed by atoms with Crippen LogP contribution in [0.3, 0.4) is 0 Å². The highest BCUT2D eigenvalue weighted by atomic mass is 32.2. The van der Waals surface area contributed by atoms with Crippen LogP contribution in [-0.4, -0.2) is 26.9 Å². The lowest BCUT2D eigenvalue weighted by Crippen LogP contribution is -2.05. The van der Waals surface area contributed by atoms with E-state index < -0.39 is 10.8 Å². The standard InChI is InChI=1S/C17H17NO3S2/c1-12(19)18-13-2-4-14(5-3-13)21-15-6-8-17(9-7-15)23(20)11-16-10-22-16/h2-9,16H,10-11H2,1H3,(H,18,19)/t16-,23+/m1/s1. The van der Waals surface area contributed by atoms with Crippen molar-refractivity contribution in [2.45, 2.75) is 17.1 Å². The Morgan fingerprint density at radius 3 is 2.26 bits per heavy atom. The molecule has 0 unspecified atom stereocenters. The van der Waals surface area contributed by atoms with Gasteiger partial charge < -0.3 is 10.1 Å². The number of hydrogen-bond donors (Lipinski definition) is 1. The van der Waals surface area contributed by atoms with Gasteiger partial charge in [0.25, 0.3) is 0 Å². The SMILES string of the molecule is CC(=O)Nc1ccc(Oc2ccc([S@@](=O)C[C@H]3CS3)cc2)cc1. The Morgan fingerprint density at radius 2 is 1.74 bits per heavy atom. The van der Waals surface area contributed by atoms with Crippen LogP contribution in [0.4, 0.5) is 5.69 Å². The van der Waals surface area contributed by atoms with Crippen molar-refractivity contribution in [2.75, 3.05) is 16.8 Å². The molecule has 2 aromatic carbocycles. The van der Waals surface area contributed by atoms with Gasteiger partial charge in [-0.3, -0.25) is 9.00 Å². The minimum absolute atomic E-state index is 0.105. The van der Waals surface area contributed by atoms with Crippen molar-refractivity contribution in [3.8, 4) is 11.5 Å². The van der Waals surface area contributed by atoms with Crippen LogP contribution in [0.25, 0.3) is 0 Å². The highest BCUT2D eigenvalue weighted by Gasteiger charge is 2.25. The van der Waals surface area contributed by atoms with Gasteiger partial charge in [-0.15, -0.1) is 0 Å². The number of ether oxygens (including phenoxy) is 1. The van der Waals surface area contributed by atoms with E-state index in [2.05, 4.69) is 5.32 Å². The van der Waals surface area contributed by atoms with Crippen molar-refractivity contribution in [1.29, 1.82) is 0 Å². The zero-order valence-corrected chi connectivity index (χ0v) is 14.3. The van der Waals surface area contributed by atoms with Crippen LogP contribution in [0.2, 0.25) is 0 Å². The Hall–Kier alpha value is -1.79. The largest absolute Gasteiger partial charge is 0.457 e. The summed E-state index contributed by atoms with van der Waals surface area (Å²) in [6.07, 6.45) is 0. The molecular formula is C17H17NO3S2. The molecule has 0 bridgehead atoms. The Bertz CT molecular complexity index is 710. The summed E-state index contributed by atoms with van der Waals surface area (Å²) in [5, 5.41) is 3.27. The summed E-state index contributed by atoms with van der Waals surface area (Å²) in [5.74, 6) is 3.13. The van der Waals surface area contributed by atoms with Crippen molar-refractivity contribution < 1.29 is 13.7 Å². The number of hydrogen-bond acceptors (Lipinski definition) is 4. The quantitative estimate of drug-likeness (QED) is 0.810. The van der Waals surface area contributed by atoms with E-state index in [1.54, 1.807) is 24.3 Å². The topological polar surface area (TPSA) is 55.4 Å². The van der Waals surface area contributed by atoms with Crippen LogP contribution in [0.5, 0.6) is 11.5 Å². The first-order chi connectivity index (χ1) is 11.1. The second kappa shape index (κ2) is 7.19. The van der Waals surface area contributed by atoms with E-state index >= 15 is 0 Å². The van der Waals surface area contributed by atoms with Gasteiger partial charge in [-0.2, -0.15) is 11.8 Å². The predicted octanol–water partition coefficient (Wildman–Crippen LogP) is 3.66. The van der Waals surface area contributed by atoms with Gasteiger partial charge in [0.1, 0.15) is 11.5 Å². The van der Waals surface area contributed by atoms with Crippen LogP contribution >= 0.6 is 11.8 Å². The molecule has 0 spiro atoms. The molecule has 1 fully saturated rings. The number of amides is 1. The van der Waals surface area contributed by atoms with Crippen molar-refractivity contribution in [2.24, 2.45) is 0 Å². The van der Waals surface area contributed by atoms with E-state index in [1.165, 1.54) is 6.92 Å². The average molecular weight is 347 g/mol. The van der Waals surface area contributed by atoms with E-state index in [1.807, 2.05) is 36.0 Å². The van der Waals surface area contributed by atoms with E-state index in [0.29, 0.717) is 16.7 Å². The number of thioether (sulfide) groups is 1. The molecule has 1 N–H and O–H groups in total. The van der Waals surface area contributed by atoms with Gasteiger partial charge in [0.2, 0.25) is 5.91 Å². The number of rotatable bonds is 6. The summed E-state index contributed by atoms with van der Waals surface area (Å²) in [7, 11) is -0.931. The van der Waals surface area contributed by atoms with Gasteiger partial charge >= 0.3 is 0 Å². The third kappa shape index (κ3) is 4.84. The lowest BCUT2D eigenvalue weighted by atomic mass is 10.3.